The van der Waals surface area contributed by atoms with E-state index < -0.39 is 5.97 Å². The summed E-state index contributed by atoms with van der Waals surface area (Å²) >= 11 is 0. The Hall–Kier alpha value is -2.49. The van der Waals surface area contributed by atoms with Crippen molar-refractivity contribution in [3.05, 3.63) is 58.7 Å². The van der Waals surface area contributed by atoms with Gasteiger partial charge in [-0.1, -0.05) is 69.7 Å². The number of Topliss-reactive ketones (excluding diaryl/α,β-unsaturated/α-hetero) is 2. The molecule has 1 N–H and O–H groups in total. The van der Waals surface area contributed by atoms with Gasteiger partial charge in [-0.2, -0.15) is 0 Å². The maximum absolute atomic E-state index is 13.3. The van der Waals surface area contributed by atoms with E-state index in [1.54, 1.807) is 19.1 Å². The Balaban J connectivity index is 1.86. The van der Waals surface area contributed by atoms with Gasteiger partial charge >= 0.3 is 5.97 Å². The second-order valence-corrected chi connectivity index (χ2v) is 11.7. The van der Waals surface area contributed by atoms with Crippen molar-refractivity contribution in [3.63, 3.8) is 0 Å². The highest BCUT2D eigenvalue weighted by Crippen LogP contribution is 2.68. The lowest BCUT2D eigenvalue weighted by Gasteiger charge is -2.60. The van der Waals surface area contributed by atoms with Crippen LogP contribution < -0.4 is 0 Å². The van der Waals surface area contributed by atoms with Gasteiger partial charge in [-0.05, 0) is 62.9 Å². The molecule has 0 unspecified atom stereocenters. The van der Waals surface area contributed by atoms with Crippen LogP contribution in [0.25, 0.3) is 0 Å². The van der Waals surface area contributed by atoms with E-state index in [1.807, 2.05) is 38.2 Å². The second kappa shape index (κ2) is 9.28. The summed E-state index contributed by atoms with van der Waals surface area (Å²) in [6, 6.07) is 0. The summed E-state index contributed by atoms with van der Waals surface area (Å²) in [5, 5.41) is 8.92. The molecule has 3 aliphatic carbocycles. The first kappa shape index (κ1) is 26.1. The van der Waals surface area contributed by atoms with Gasteiger partial charge in [0.25, 0.3) is 0 Å². The van der Waals surface area contributed by atoms with Crippen molar-refractivity contribution in [3.8, 4) is 0 Å². The molecular formula is C30H40O4. The SMILES string of the molecule is CC(=CC=CC(C)=C1C(=O)C[C@H]2[C@@]3(C)CCC(=O)C(C)(C)[C@@H]3CC[C@]12C)/C=C/C=C(\C)C(=O)O. The number of carboxylic acids is 1. The van der Waals surface area contributed by atoms with Gasteiger partial charge in [0.1, 0.15) is 5.78 Å². The number of hydrogen-bond donors (Lipinski definition) is 1. The largest absolute Gasteiger partial charge is 0.478 e. The average molecular weight is 465 g/mol. The molecule has 0 heterocycles. The molecule has 34 heavy (non-hydrogen) atoms. The molecule has 0 aliphatic heterocycles. The van der Waals surface area contributed by atoms with E-state index in [9.17, 15) is 14.4 Å². The number of ketones is 2. The predicted molar refractivity (Wildman–Crippen MR) is 136 cm³/mol. The fraction of sp³-hybridized carbons (Fsp3) is 0.567. The lowest BCUT2D eigenvalue weighted by atomic mass is 9.43. The van der Waals surface area contributed by atoms with Crippen LogP contribution in [-0.2, 0) is 14.4 Å². The van der Waals surface area contributed by atoms with Crippen LogP contribution in [0.15, 0.2) is 58.7 Å². The molecular weight excluding hydrogens is 424 g/mol. The van der Waals surface area contributed by atoms with Crippen LogP contribution in [-0.4, -0.2) is 22.6 Å². The molecule has 0 amide bonds. The first-order valence-corrected chi connectivity index (χ1v) is 12.5. The topological polar surface area (TPSA) is 71.4 Å². The molecule has 4 nitrogen and oxygen atoms in total. The zero-order valence-corrected chi connectivity index (χ0v) is 21.8. The Morgan fingerprint density at radius 3 is 2.24 bits per heavy atom. The van der Waals surface area contributed by atoms with Crippen LogP contribution in [0.1, 0.15) is 80.6 Å². The van der Waals surface area contributed by atoms with E-state index in [4.69, 9.17) is 5.11 Å². The molecule has 0 aromatic carbocycles. The van der Waals surface area contributed by atoms with Gasteiger partial charge in [0, 0.05) is 34.8 Å². The molecule has 184 valence electrons. The van der Waals surface area contributed by atoms with Gasteiger partial charge in [0.15, 0.2) is 5.78 Å². The molecule has 0 aromatic heterocycles. The van der Waals surface area contributed by atoms with E-state index in [0.717, 1.165) is 36.0 Å². The molecule has 4 atom stereocenters. The summed E-state index contributed by atoms with van der Waals surface area (Å²) in [5.74, 6) is 0.330. The van der Waals surface area contributed by atoms with Gasteiger partial charge in [-0.15, -0.1) is 0 Å². The number of hydrogen-bond acceptors (Lipinski definition) is 3. The van der Waals surface area contributed by atoms with Gasteiger partial charge in [0.2, 0.25) is 0 Å². The number of carbonyl (C=O) groups is 3. The molecule has 4 heteroatoms. The van der Waals surface area contributed by atoms with E-state index in [1.165, 1.54) is 0 Å². The maximum atomic E-state index is 13.3. The van der Waals surface area contributed by atoms with Crippen LogP contribution in [0.5, 0.6) is 0 Å². The third-order valence-electron chi connectivity index (χ3n) is 9.18. The minimum absolute atomic E-state index is 0.00863. The van der Waals surface area contributed by atoms with Crippen molar-refractivity contribution in [2.24, 2.45) is 28.1 Å². The first-order chi connectivity index (χ1) is 15.7. The van der Waals surface area contributed by atoms with Crippen molar-refractivity contribution in [2.75, 3.05) is 0 Å². The highest BCUT2D eigenvalue weighted by atomic mass is 16.4. The molecule has 3 saturated carbocycles. The number of fused-ring (bicyclic) bond motifs is 3. The van der Waals surface area contributed by atoms with Crippen LogP contribution in [0.2, 0.25) is 0 Å². The molecule has 0 radical (unpaired) electrons. The summed E-state index contributed by atoms with van der Waals surface area (Å²) in [6.07, 6.45) is 15.2. The van der Waals surface area contributed by atoms with E-state index >= 15 is 0 Å². The lowest BCUT2D eigenvalue weighted by molar-refractivity contribution is -0.154. The van der Waals surface area contributed by atoms with Gasteiger partial charge in [-0.25, -0.2) is 4.79 Å². The van der Waals surface area contributed by atoms with Crippen LogP contribution in [0, 0.1) is 28.1 Å². The average Bonchev–Trinajstić information content (AvgIpc) is 3.02. The number of allylic oxidation sites excluding steroid dienone is 9. The van der Waals surface area contributed by atoms with Gasteiger partial charge in [-0.3, -0.25) is 9.59 Å². The van der Waals surface area contributed by atoms with Crippen LogP contribution in [0.4, 0.5) is 0 Å². The smallest absolute Gasteiger partial charge is 0.331 e. The fourth-order valence-electron chi connectivity index (χ4n) is 7.28. The zero-order chi connectivity index (χ0) is 25.5. The number of rotatable bonds is 5. The molecule has 3 aliphatic rings. The Labute approximate surface area is 204 Å². The number of aliphatic carboxylic acids is 1. The van der Waals surface area contributed by atoms with Gasteiger partial charge in [0.05, 0.1) is 0 Å². The molecule has 3 fully saturated rings. The molecule has 0 saturated heterocycles. The first-order valence-electron chi connectivity index (χ1n) is 12.5. The monoisotopic (exact) mass is 464 g/mol. The molecule has 3 rings (SSSR count). The summed E-state index contributed by atoms with van der Waals surface area (Å²) < 4.78 is 0. The summed E-state index contributed by atoms with van der Waals surface area (Å²) in [5.41, 5.74) is 2.83. The quantitative estimate of drug-likeness (QED) is 0.359. The summed E-state index contributed by atoms with van der Waals surface area (Å²) in [7, 11) is 0. The zero-order valence-electron chi connectivity index (χ0n) is 21.8. The Morgan fingerprint density at radius 2 is 1.59 bits per heavy atom. The Kier molecular flexibility index (Phi) is 7.13. The number of carboxylic acid groups (broad SMARTS) is 1. The van der Waals surface area contributed by atoms with Crippen molar-refractivity contribution in [2.45, 2.75) is 80.6 Å². The second-order valence-electron chi connectivity index (χ2n) is 11.7. The van der Waals surface area contributed by atoms with Crippen molar-refractivity contribution in [1.82, 2.24) is 0 Å². The number of carbonyl (C=O) groups excluding carboxylic acids is 2. The highest BCUT2D eigenvalue weighted by molar-refractivity contribution is 6.01. The van der Waals surface area contributed by atoms with Crippen molar-refractivity contribution < 1.29 is 19.5 Å². The van der Waals surface area contributed by atoms with Crippen molar-refractivity contribution in [1.29, 1.82) is 0 Å². The van der Waals surface area contributed by atoms with Crippen LogP contribution in [0.3, 0.4) is 0 Å². The Bertz CT molecular complexity index is 1050. The van der Waals surface area contributed by atoms with Crippen LogP contribution >= 0.6 is 0 Å². The normalized spacial score (nSPS) is 35.6. The lowest BCUT2D eigenvalue weighted by Crippen LogP contribution is -2.56. The maximum Gasteiger partial charge on any atom is 0.331 e. The molecule has 0 aromatic rings. The minimum Gasteiger partial charge on any atom is -0.478 e. The fourth-order valence-corrected chi connectivity index (χ4v) is 7.28. The van der Waals surface area contributed by atoms with Gasteiger partial charge < -0.3 is 5.11 Å². The standard InChI is InChI=1S/C30H40O4/c1-19(11-9-13-21(3)27(33)34)10-8-12-20(2)26-22(31)18-24-29(6)17-15-25(32)28(4,5)23(29)14-16-30(24,26)7/h8-13,23-24H,14-18H2,1-7H3,(H,33,34)/b11-9+,12-8?,19-10?,21-13+,26-20?/t23-,24-,29-,30-/m0/s1. The van der Waals surface area contributed by atoms with E-state index in [2.05, 4.69) is 27.7 Å². The van der Waals surface area contributed by atoms with E-state index in [0.29, 0.717) is 24.5 Å². The third-order valence-corrected chi connectivity index (χ3v) is 9.18. The predicted octanol–water partition coefficient (Wildman–Crippen LogP) is 6.79. The highest BCUT2D eigenvalue weighted by Gasteiger charge is 2.64. The minimum atomic E-state index is -0.923. The Morgan fingerprint density at radius 1 is 0.941 bits per heavy atom. The van der Waals surface area contributed by atoms with E-state index in [-0.39, 0.29) is 33.5 Å². The molecule has 0 spiro atoms. The third kappa shape index (κ3) is 4.44. The summed E-state index contributed by atoms with van der Waals surface area (Å²) in [6.45, 7) is 14.4. The van der Waals surface area contributed by atoms with Crippen molar-refractivity contribution >= 4 is 17.5 Å². The summed E-state index contributed by atoms with van der Waals surface area (Å²) in [4.78, 5) is 36.9. The molecule has 0 bridgehead atoms.